The molecule has 42 heavy (non-hydrogen) atoms. The molecule has 1 atom stereocenters. The quantitative estimate of drug-likeness (QED) is 0.298. The van der Waals surface area contributed by atoms with E-state index in [4.69, 9.17) is 0 Å². The van der Waals surface area contributed by atoms with E-state index in [0.29, 0.717) is 12.1 Å². The first-order valence-electron chi connectivity index (χ1n) is 14.8. The number of carbonyl (C=O) groups is 2. The van der Waals surface area contributed by atoms with Crippen molar-refractivity contribution in [2.45, 2.75) is 90.2 Å². The number of hydrogen-bond acceptors (Lipinski definition) is 4. The fraction of sp³-hybridized carbons (Fsp3) is 0.412. The van der Waals surface area contributed by atoms with Crippen LogP contribution in [0.3, 0.4) is 0 Å². The summed E-state index contributed by atoms with van der Waals surface area (Å²) in [5, 5.41) is 3.16. The van der Waals surface area contributed by atoms with Gasteiger partial charge in [0.25, 0.3) is 10.0 Å². The van der Waals surface area contributed by atoms with Gasteiger partial charge in [-0.3, -0.25) is 13.9 Å². The molecule has 8 heteroatoms. The molecular weight excluding hydrogens is 546 g/mol. The largest absolute Gasteiger partial charge is 0.352 e. The van der Waals surface area contributed by atoms with E-state index in [9.17, 15) is 18.0 Å². The zero-order valence-electron chi connectivity index (χ0n) is 25.4. The predicted molar refractivity (Wildman–Crippen MR) is 168 cm³/mol. The molecule has 0 spiro atoms. The third kappa shape index (κ3) is 7.59. The van der Waals surface area contributed by atoms with Crippen LogP contribution in [0, 0.1) is 27.7 Å². The number of rotatable bonds is 11. The maximum Gasteiger partial charge on any atom is 0.264 e. The van der Waals surface area contributed by atoms with Crippen molar-refractivity contribution in [3.05, 3.63) is 94.5 Å². The van der Waals surface area contributed by atoms with Gasteiger partial charge in [0.1, 0.15) is 12.6 Å². The lowest BCUT2D eigenvalue weighted by atomic mass is 10.1. The van der Waals surface area contributed by atoms with Crippen LogP contribution in [0.2, 0.25) is 0 Å². The molecule has 0 bridgehead atoms. The van der Waals surface area contributed by atoms with Crippen molar-refractivity contribution >= 4 is 27.5 Å². The van der Waals surface area contributed by atoms with Gasteiger partial charge >= 0.3 is 0 Å². The molecule has 1 aliphatic carbocycles. The number of sulfonamides is 1. The van der Waals surface area contributed by atoms with Crippen LogP contribution in [0.15, 0.2) is 71.6 Å². The third-order valence-corrected chi connectivity index (χ3v) is 9.73. The Balaban J connectivity index is 1.73. The van der Waals surface area contributed by atoms with Gasteiger partial charge in [-0.15, -0.1) is 0 Å². The van der Waals surface area contributed by atoms with E-state index in [2.05, 4.69) is 5.32 Å². The lowest BCUT2D eigenvalue weighted by molar-refractivity contribution is -0.140. The van der Waals surface area contributed by atoms with E-state index in [1.165, 1.54) is 4.31 Å². The van der Waals surface area contributed by atoms with Crippen molar-refractivity contribution in [1.29, 1.82) is 0 Å². The highest BCUT2D eigenvalue weighted by Gasteiger charge is 2.34. The molecular formula is C34H43N3O4S. The summed E-state index contributed by atoms with van der Waals surface area (Å²) < 4.78 is 29.4. The molecule has 7 nitrogen and oxygen atoms in total. The maximum absolute atomic E-state index is 14.3. The summed E-state index contributed by atoms with van der Waals surface area (Å²) in [4.78, 5) is 29.5. The second-order valence-electron chi connectivity index (χ2n) is 11.6. The van der Waals surface area contributed by atoms with Gasteiger partial charge in [0.2, 0.25) is 11.8 Å². The first-order valence-corrected chi connectivity index (χ1v) is 16.2. The summed E-state index contributed by atoms with van der Waals surface area (Å²) in [6, 6.07) is 19.4. The molecule has 224 valence electrons. The number of hydrogen-bond donors (Lipinski definition) is 1. The average Bonchev–Trinajstić information content (AvgIpc) is 3.45. The zero-order valence-corrected chi connectivity index (χ0v) is 26.2. The molecule has 0 aliphatic heterocycles. The van der Waals surface area contributed by atoms with Crippen LogP contribution in [0.4, 0.5) is 5.69 Å². The minimum absolute atomic E-state index is 0.108. The maximum atomic E-state index is 14.3. The third-order valence-electron chi connectivity index (χ3n) is 7.94. The second kappa shape index (κ2) is 13.6. The number of nitrogens with one attached hydrogen (secondary N) is 1. The van der Waals surface area contributed by atoms with Gasteiger partial charge in [0, 0.05) is 12.6 Å². The lowest BCUT2D eigenvalue weighted by Crippen LogP contribution is -2.53. The van der Waals surface area contributed by atoms with Crippen LogP contribution < -0.4 is 9.62 Å². The zero-order chi connectivity index (χ0) is 30.4. The van der Waals surface area contributed by atoms with Gasteiger partial charge in [-0.1, -0.05) is 73.4 Å². The smallest absolute Gasteiger partial charge is 0.264 e. The molecule has 1 saturated carbocycles. The molecule has 1 aliphatic rings. The Kier molecular flexibility index (Phi) is 10.1. The molecule has 1 N–H and O–H groups in total. The summed E-state index contributed by atoms with van der Waals surface area (Å²) in [5.74, 6) is -0.622. The topological polar surface area (TPSA) is 86.8 Å². The van der Waals surface area contributed by atoms with Crippen LogP contribution >= 0.6 is 0 Å². The van der Waals surface area contributed by atoms with Gasteiger partial charge < -0.3 is 10.2 Å². The molecule has 3 aromatic rings. The fourth-order valence-electron chi connectivity index (χ4n) is 5.64. The van der Waals surface area contributed by atoms with Gasteiger partial charge in [0.05, 0.1) is 10.6 Å². The van der Waals surface area contributed by atoms with E-state index in [0.717, 1.165) is 53.5 Å². The Morgan fingerprint density at radius 2 is 1.38 bits per heavy atom. The molecule has 1 fully saturated rings. The number of aryl methyl sites for hydroxylation is 4. The highest BCUT2D eigenvalue weighted by Crippen LogP contribution is 2.27. The number of carbonyl (C=O) groups excluding carboxylic acids is 2. The molecule has 0 radical (unpaired) electrons. The van der Waals surface area contributed by atoms with Crippen molar-refractivity contribution in [3.8, 4) is 0 Å². The van der Waals surface area contributed by atoms with E-state index in [1.54, 1.807) is 41.3 Å². The molecule has 3 aromatic carbocycles. The number of benzene rings is 3. The molecule has 2 amide bonds. The number of amides is 2. The van der Waals surface area contributed by atoms with Crippen molar-refractivity contribution in [2.75, 3.05) is 10.8 Å². The van der Waals surface area contributed by atoms with Gasteiger partial charge in [-0.2, -0.15) is 0 Å². The van der Waals surface area contributed by atoms with Gasteiger partial charge in [-0.25, -0.2) is 8.42 Å². The molecule has 0 aromatic heterocycles. The predicted octanol–water partition coefficient (Wildman–Crippen LogP) is 5.98. The summed E-state index contributed by atoms with van der Waals surface area (Å²) in [6.07, 6.45) is 4.43. The summed E-state index contributed by atoms with van der Waals surface area (Å²) in [7, 11) is -4.10. The monoisotopic (exact) mass is 589 g/mol. The Morgan fingerprint density at radius 3 is 1.93 bits per heavy atom. The summed E-state index contributed by atoms with van der Waals surface area (Å²) >= 11 is 0. The van der Waals surface area contributed by atoms with Gasteiger partial charge in [-0.05, 0) is 87.9 Å². The first-order chi connectivity index (χ1) is 20.0. The van der Waals surface area contributed by atoms with Gasteiger partial charge in [0.15, 0.2) is 0 Å². The second-order valence-corrected chi connectivity index (χ2v) is 13.5. The SMILES string of the molecule is CCC(C(=O)NC1CCCC1)N(Cc1ccc(C)cc1)C(=O)CN(c1cc(C)cc(C)c1)S(=O)(=O)c1ccc(C)cc1. The van der Waals surface area contributed by atoms with Crippen LogP contribution in [-0.2, 0) is 26.2 Å². The Labute approximate surface area is 251 Å². The van der Waals surface area contributed by atoms with Crippen molar-refractivity contribution in [1.82, 2.24) is 10.2 Å². The molecule has 0 saturated heterocycles. The fourth-order valence-corrected chi connectivity index (χ4v) is 7.04. The highest BCUT2D eigenvalue weighted by atomic mass is 32.2. The van der Waals surface area contributed by atoms with Crippen LogP contribution in [0.25, 0.3) is 0 Å². The van der Waals surface area contributed by atoms with Crippen LogP contribution in [0.5, 0.6) is 0 Å². The minimum atomic E-state index is -4.10. The van der Waals surface area contributed by atoms with Crippen molar-refractivity contribution < 1.29 is 18.0 Å². The highest BCUT2D eigenvalue weighted by molar-refractivity contribution is 7.92. The summed E-state index contributed by atoms with van der Waals surface area (Å²) in [5.41, 5.74) is 5.10. The summed E-state index contributed by atoms with van der Waals surface area (Å²) in [6.45, 7) is 9.34. The van der Waals surface area contributed by atoms with E-state index >= 15 is 0 Å². The van der Waals surface area contributed by atoms with E-state index in [-0.39, 0.29) is 23.4 Å². The number of anilines is 1. The van der Waals surface area contributed by atoms with Crippen molar-refractivity contribution in [3.63, 3.8) is 0 Å². The normalized spacial score (nSPS) is 14.4. The Bertz CT molecular complexity index is 1470. The first kappa shape index (κ1) is 31.3. The molecule has 4 rings (SSSR count). The minimum Gasteiger partial charge on any atom is -0.352 e. The molecule has 0 heterocycles. The standard InChI is InChI=1S/C34H43N3O4S/c1-6-32(34(39)35-29-9-7-8-10-29)36(22-28-15-11-24(2)12-16-28)33(38)23-37(30-20-26(4)19-27(5)21-30)42(40,41)31-17-13-25(3)14-18-31/h11-21,29,32H,6-10,22-23H2,1-5H3,(H,35,39). The van der Waals surface area contributed by atoms with E-state index < -0.39 is 28.5 Å². The van der Waals surface area contributed by atoms with Crippen molar-refractivity contribution in [2.24, 2.45) is 0 Å². The molecule has 1 unspecified atom stereocenters. The average molecular weight is 590 g/mol. The lowest BCUT2D eigenvalue weighted by Gasteiger charge is -2.34. The Morgan fingerprint density at radius 1 is 0.833 bits per heavy atom. The van der Waals surface area contributed by atoms with Crippen LogP contribution in [-0.4, -0.2) is 43.8 Å². The van der Waals surface area contributed by atoms with E-state index in [1.807, 2.05) is 65.0 Å². The Hall–Kier alpha value is -3.65. The number of nitrogens with zero attached hydrogens (tertiary/aromatic N) is 2. The van der Waals surface area contributed by atoms with Crippen LogP contribution in [0.1, 0.15) is 66.8 Å².